The highest BCUT2D eigenvalue weighted by molar-refractivity contribution is 5.70. The Kier molecular flexibility index (Phi) is 11.2. The van der Waals surface area contributed by atoms with Crippen LogP contribution in [-0.2, 0) is 0 Å². The van der Waals surface area contributed by atoms with E-state index in [0.29, 0.717) is 18.8 Å². The van der Waals surface area contributed by atoms with E-state index >= 15 is 0 Å². The van der Waals surface area contributed by atoms with Crippen LogP contribution < -0.4 is 4.74 Å². The van der Waals surface area contributed by atoms with Gasteiger partial charge in [0.2, 0.25) is 11.6 Å². The van der Waals surface area contributed by atoms with Crippen molar-refractivity contribution in [1.29, 1.82) is 0 Å². The second-order valence-electron chi connectivity index (χ2n) is 10.2. The van der Waals surface area contributed by atoms with Crippen LogP contribution in [-0.4, -0.2) is 6.61 Å². The summed E-state index contributed by atoms with van der Waals surface area (Å²) in [6, 6.07) is 0. The number of rotatable bonds is 12. The summed E-state index contributed by atoms with van der Waals surface area (Å²) < 4.78 is 123. The average Bonchev–Trinajstić information content (AvgIpc) is 2.93. The normalized spacial score (nSPS) is 17.8. The third kappa shape index (κ3) is 6.95. The van der Waals surface area contributed by atoms with E-state index in [1.54, 1.807) is 0 Å². The van der Waals surface area contributed by atoms with E-state index in [9.17, 15) is 35.1 Å². The number of benzene rings is 2. The molecule has 216 valence electrons. The van der Waals surface area contributed by atoms with Crippen LogP contribution in [0.5, 0.6) is 5.75 Å². The van der Waals surface area contributed by atoms with Crippen LogP contribution in [0.1, 0.15) is 90.0 Å². The first-order chi connectivity index (χ1) is 18.6. The summed E-state index contributed by atoms with van der Waals surface area (Å²) >= 11 is 0. The van der Waals surface area contributed by atoms with Gasteiger partial charge in [-0.15, -0.1) is 0 Å². The predicted molar refractivity (Wildman–Crippen MR) is 135 cm³/mol. The van der Waals surface area contributed by atoms with Crippen LogP contribution in [0.4, 0.5) is 35.1 Å². The molecule has 1 aliphatic rings. The van der Waals surface area contributed by atoms with Crippen molar-refractivity contribution < 1.29 is 39.9 Å². The first-order valence-corrected chi connectivity index (χ1v) is 13.7. The monoisotopic (exact) mass is 562 g/mol. The molecule has 0 radical (unpaired) electrons. The summed E-state index contributed by atoms with van der Waals surface area (Å²) in [7, 11) is 0. The molecule has 0 N–H and O–H groups in total. The Bertz CT molecular complexity index is 1110. The largest absolute Gasteiger partial charge is 0.487 e. The molecule has 1 aliphatic carbocycles. The summed E-state index contributed by atoms with van der Waals surface area (Å²) in [6.07, 6.45) is 12.0. The van der Waals surface area contributed by atoms with Gasteiger partial charge in [0.05, 0.1) is 23.3 Å². The van der Waals surface area contributed by atoms with Crippen molar-refractivity contribution in [3.63, 3.8) is 0 Å². The zero-order valence-electron chi connectivity index (χ0n) is 22.2. The number of unbranched alkanes of at least 4 members (excludes halogenated alkanes) is 4. The molecule has 0 spiro atoms. The molecule has 1 saturated carbocycles. The molecule has 0 bridgehead atoms. The smallest absolute Gasteiger partial charge is 0.204 e. The van der Waals surface area contributed by atoms with E-state index in [1.165, 1.54) is 6.08 Å². The fraction of sp³-hybridized carbons (Fsp3) is 0.533. The van der Waals surface area contributed by atoms with E-state index < -0.39 is 69.0 Å². The fourth-order valence-electron chi connectivity index (χ4n) is 5.08. The number of hydrogen-bond donors (Lipinski definition) is 0. The van der Waals surface area contributed by atoms with Crippen LogP contribution in [0.2, 0.25) is 0 Å². The molecule has 0 aliphatic heterocycles. The van der Waals surface area contributed by atoms with Crippen LogP contribution in [0.3, 0.4) is 0 Å². The van der Waals surface area contributed by atoms with Gasteiger partial charge in [-0.05, 0) is 43.9 Å². The molecular formula is C30H34F8O. The van der Waals surface area contributed by atoms with E-state index in [0.717, 1.165) is 63.9 Å². The van der Waals surface area contributed by atoms with Gasteiger partial charge in [-0.1, -0.05) is 64.5 Å². The standard InChI is InChI=1S/C30H34F8O/c1-3-5-7-9-17-10-12-18(13-11-17)14-15-19-22(31)24(33)20(25(34)23(19)32)21-26(35)28(37)30(29(38)27(21)36)39-16-8-6-4-2/h14-15,17-18H,3-13,16H2,1-2H3/b15-14+. The van der Waals surface area contributed by atoms with Crippen LogP contribution in [0.25, 0.3) is 17.2 Å². The number of ether oxygens (including phenoxy) is 1. The lowest BCUT2D eigenvalue weighted by atomic mass is 9.79. The molecule has 39 heavy (non-hydrogen) atoms. The maximum absolute atomic E-state index is 14.9. The molecule has 2 aromatic carbocycles. The maximum Gasteiger partial charge on any atom is 0.204 e. The molecule has 3 rings (SSSR count). The third-order valence-electron chi connectivity index (χ3n) is 7.41. The molecule has 2 aromatic rings. The van der Waals surface area contributed by atoms with Crippen molar-refractivity contribution in [2.24, 2.45) is 11.8 Å². The zero-order chi connectivity index (χ0) is 28.7. The quantitative estimate of drug-likeness (QED) is 0.142. The lowest BCUT2D eigenvalue weighted by Gasteiger charge is -2.26. The van der Waals surface area contributed by atoms with Gasteiger partial charge in [0.25, 0.3) is 0 Å². The fourth-order valence-corrected chi connectivity index (χ4v) is 5.08. The minimum absolute atomic E-state index is 0.0556. The second-order valence-corrected chi connectivity index (χ2v) is 10.2. The number of hydrogen-bond acceptors (Lipinski definition) is 1. The summed E-state index contributed by atoms with van der Waals surface area (Å²) in [6.45, 7) is 3.70. The predicted octanol–water partition coefficient (Wildman–Crippen LogP) is 10.4. The maximum atomic E-state index is 14.9. The van der Waals surface area contributed by atoms with Gasteiger partial charge < -0.3 is 4.74 Å². The topological polar surface area (TPSA) is 9.23 Å². The Hall–Kier alpha value is -2.58. The van der Waals surface area contributed by atoms with Gasteiger partial charge in [0.1, 0.15) is 0 Å². The van der Waals surface area contributed by atoms with Crippen molar-refractivity contribution in [2.75, 3.05) is 6.61 Å². The molecular weight excluding hydrogens is 528 g/mol. The van der Waals surface area contributed by atoms with Crippen molar-refractivity contribution in [2.45, 2.75) is 84.5 Å². The Labute approximate surface area is 224 Å². The Balaban J connectivity index is 1.89. The molecule has 9 heteroatoms. The van der Waals surface area contributed by atoms with E-state index in [2.05, 4.69) is 6.92 Å². The number of halogens is 8. The molecule has 0 heterocycles. The lowest BCUT2D eigenvalue weighted by molar-refractivity contribution is 0.265. The summed E-state index contributed by atoms with van der Waals surface area (Å²) in [4.78, 5) is 0. The first kappa shape index (κ1) is 31.0. The summed E-state index contributed by atoms with van der Waals surface area (Å²) in [5.41, 5.74) is -4.84. The first-order valence-electron chi connectivity index (χ1n) is 13.7. The Morgan fingerprint density at radius 3 is 1.62 bits per heavy atom. The highest BCUT2D eigenvalue weighted by Gasteiger charge is 2.34. The highest BCUT2D eigenvalue weighted by Crippen LogP contribution is 2.41. The molecule has 0 aromatic heterocycles. The van der Waals surface area contributed by atoms with Crippen LogP contribution >= 0.6 is 0 Å². The lowest BCUT2D eigenvalue weighted by Crippen LogP contribution is -2.13. The third-order valence-corrected chi connectivity index (χ3v) is 7.41. The van der Waals surface area contributed by atoms with Gasteiger partial charge in [-0.3, -0.25) is 0 Å². The van der Waals surface area contributed by atoms with Gasteiger partial charge in [-0.25, -0.2) is 26.3 Å². The van der Waals surface area contributed by atoms with Gasteiger partial charge >= 0.3 is 0 Å². The SMILES string of the molecule is CCCCCOc1c(F)c(F)c(-c2c(F)c(F)c(/C=C/C3CCC(CCCCC)CC3)c(F)c2F)c(F)c1F. The molecule has 0 atom stereocenters. The van der Waals surface area contributed by atoms with Crippen molar-refractivity contribution >= 4 is 6.08 Å². The van der Waals surface area contributed by atoms with Crippen LogP contribution in [0.15, 0.2) is 6.08 Å². The zero-order valence-corrected chi connectivity index (χ0v) is 22.2. The van der Waals surface area contributed by atoms with Gasteiger partial charge in [0, 0.05) is 0 Å². The molecule has 1 fully saturated rings. The van der Waals surface area contributed by atoms with E-state index in [1.807, 2.05) is 6.92 Å². The molecule has 0 amide bonds. The minimum Gasteiger partial charge on any atom is -0.487 e. The number of allylic oxidation sites excluding steroid dienone is 1. The summed E-state index contributed by atoms with van der Waals surface area (Å²) in [5, 5.41) is 0. The Morgan fingerprint density at radius 2 is 1.10 bits per heavy atom. The molecule has 1 nitrogen and oxygen atoms in total. The molecule has 0 unspecified atom stereocenters. The molecule has 0 saturated heterocycles. The van der Waals surface area contributed by atoms with Crippen molar-refractivity contribution in [1.82, 2.24) is 0 Å². The van der Waals surface area contributed by atoms with Crippen LogP contribution in [0, 0.1) is 58.4 Å². The minimum atomic E-state index is -2.23. The van der Waals surface area contributed by atoms with E-state index in [4.69, 9.17) is 4.74 Å². The van der Waals surface area contributed by atoms with E-state index in [-0.39, 0.29) is 12.5 Å². The highest BCUT2D eigenvalue weighted by atomic mass is 19.2. The summed E-state index contributed by atoms with van der Waals surface area (Å²) in [5.74, 6) is -17.6. The van der Waals surface area contributed by atoms with Gasteiger partial charge in [-0.2, -0.15) is 8.78 Å². The van der Waals surface area contributed by atoms with Crippen molar-refractivity contribution in [3.8, 4) is 16.9 Å². The average molecular weight is 563 g/mol. The Morgan fingerprint density at radius 1 is 0.615 bits per heavy atom. The second kappa shape index (κ2) is 14.2. The van der Waals surface area contributed by atoms with Crippen molar-refractivity contribution in [3.05, 3.63) is 58.2 Å². The van der Waals surface area contributed by atoms with Gasteiger partial charge in [0.15, 0.2) is 40.7 Å².